The van der Waals surface area contributed by atoms with Crippen molar-refractivity contribution in [2.75, 3.05) is 0 Å². The number of benzene rings is 2. The van der Waals surface area contributed by atoms with Gasteiger partial charge in [0.05, 0.1) is 0 Å². The van der Waals surface area contributed by atoms with Crippen molar-refractivity contribution in [3.63, 3.8) is 0 Å². The second kappa shape index (κ2) is 6.37. The van der Waals surface area contributed by atoms with E-state index in [4.69, 9.17) is 4.98 Å². The molecule has 0 unspecified atom stereocenters. The predicted molar refractivity (Wildman–Crippen MR) is 99.5 cm³/mol. The van der Waals surface area contributed by atoms with Crippen LogP contribution in [0.1, 0.15) is 12.5 Å². The summed E-state index contributed by atoms with van der Waals surface area (Å²) >= 11 is 1.45. The molecule has 0 spiro atoms. The maximum absolute atomic E-state index is 13.4. The number of nitrogens with zero attached hydrogens (tertiary/aromatic N) is 2. The molecule has 0 saturated heterocycles. The molecule has 126 valence electrons. The van der Waals surface area contributed by atoms with E-state index in [9.17, 15) is 9.18 Å². The molecule has 0 aliphatic carbocycles. The van der Waals surface area contributed by atoms with Crippen molar-refractivity contribution in [3.8, 4) is 0 Å². The molecule has 25 heavy (non-hydrogen) atoms. The third kappa shape index (κ3) is 2.82. The van der Waals surface area contributed by atoms with E-state index in [1.165, 1.54) is 23.9 Å². The molecule has 0 saturated carbocycles. The van der Waals surface area contributed by atoms with Gasteiger partial charge in [-0.2, -0.15) is 0 Å². The van der Waals surface area contributed by atoms with Gasteiger partial charge in [-0.1, -0.05) is 42.1 Å². The lowest BCUT2D eigenvalue weighted by atomic mass is 10.2. The minimum absolute atomic E-state index is 0.0783. The fourth-order valence-electron chi connectivity index (χ4n) is 2.94. The van der Waals surface area contributed by atoms with Crippen LogP contribution in [0.15, 0.2) is 58.5 Å². The van der Waals surface area contributed by atoms with E-state index in [0.717, 1.165) is 16.5 Å². The number of aromatic amines is 1. The van der Waals surface area contributed by atoms with Gasteiger partial charge in [0.25, 0.3) is 5.56 Å². The summed E-state index contributed by atoms with van der Waals surface area (Å²) in [6.45, 7) is 2.45. The Bertz CT molecular complexity index is 1130. The van der Waals surface area contributed by atoms with Crippen LogP contribution in [0.5, 0.6) is 0 Å². The van der Waals surface area contributed by atoms with Crippen LogP contribution in [0.25, 0.3) is 21.9 Å². The van der Waals surface area contributed by atoms with E-state index < -0.39 is 0 Å². The minimum Gasteiger partial charge on any atom is -0.349 e. The van der Waals surface area contributed by atoms with Crippen molar-refractivity contribution >= 4 is 33.7 Å². The molecule has 0 amide bonds. The lowest BCUT2D eigenvalue weighted by Gasteiger charge is -2.10. The van der Waals surface area contributed by atoms with E-state index >= 15 is 0 Å². The average molecular weight is 353 g/mol. The molecule has 0 fully saturated rings. The van der Waals surface area contributed by atoms with Crippen LogP contribution in [-0.2, 0) is 12.3 Å². The predicted octanol–water partition coefficient (Wildman–Crippen LogP) is 4.33. The first kappa shape index (κ1) is 15.9. The molecule has 2 heterocycles. The van der Waals surface area contributed by atoms with Gasteiger partial charge in [0.1, 0.15) is 16.9 Å². The Morgan fingerprint density at radius 2 is 2.04 bits per heavy atom. The number of aromatic nitrogens is 3. The van der Waals surface area contributed by atoms with Crippen LogP contribution >= 0.6 is 11.8 Å². The van der Waals surface area contributed by atoms with Crippen molar-refractivity contribution in [3.05, 3.63) is 70.3 Å². The molecule has 4 aromatic rings. The number of nitrogens with one attached hydrogen (secondary N) is 1. The number of halogens is 1. The Balaban J connectivity index is 1.82. The summed E-state index contributed by atoms with van der Waals surface area (Å²) in [5.41, 5.74) is 2.90. The highest BCUT2D eigenvalue weighted by atomic mass is 32.2. The summed E-state index contributed by atoms with van der Waals surface area (Å²) in [4.78, 5) is 20.7. The Morgan fingerprint density at radius 1 is 1.20 bits per heavy atom. The smallest absolute Gasteiger partial charge is 0.278 e. The third-order valence-corrected chi connectivity index (χ3v) is 5.20. The van der Waals surface area contributed by atoms with Gasteiger partial charge in [0.15, 0.2) is 5.16 Å². The number of para-hydroxylation sites is 1. The van der Waals surface area contributed by atoms with Crippen LogP contribution in [0.3, 0.4) is 0 Å². The van der Waals surface area contributed by atoms with Crippen molar-refractivity contribution < 1.29 is 4.39 Å². The summed E-state index contributed by atoms with van der Waals surface area (Å²) < 4.78 is 15.0. The molecule has 2 aromatic carbocycles. The molecule has 1 N–H and O–H groups in total. The standard InChI is InChI=1S/C19H16FN3OS/c1-2-23-18(24)17-16(14-8-3-4-9-15(14)21-17)22-19(23)25-11-12-6-5-7-13(20)10-12/h3-10,21H,2,11H2,1H3. The van der Waals surface area contributed by atoms with Crippen molar-refractivity contribution in [1.29, 1.82) is 0 Å². The molecular formula is C19H16FN3OS. The van der Waals surface area contributed by atoms with Crippen LogP contribution in [0, 0.1) is 5.82 Å². The van der Waals surface area contributed by atoms with Gasteiger partial charge < -0.3 is 4.98 Å². The van der Waals surface area contributed by atoms with Gasteiger partial charge in [0, 0.05) is 23.2 Å². The quantitative estimate of drug-likeness (QED) is 0.439. The maximum atomic E-state index is 13.4. The molecule has 0 aliphatic rings. The lowest BCUT2D eigenvalue weighted by molar-refractivity contribution is 0.626. The molecule has 2 aromatic heterocycles. The Labute approximate surface area is 147 Å². The second-order valence-corrected chi connectivity index (χ2v) is 6.70. The molecule has 0 atom stereocenters. The number of H-pyrrole nitrogens is 1. The van der Waals surface area contributed by atoms with E-state index in [1.807, 2.05) is 37.3 Å². The second-order valence-electron chi connectivity index (χ2n) is 5.76. The zero-order valence-electron chi connectivity index (χ0n) is 13.6. The number of fused-ring (bicyclic) bond motifs is 3. The number of hydrogen-bond donors (Lipinski definition) is 1. The lowest BCUT2D eigenvalue weighted by Crippen LogP contribution is -2.22. The summed E-state index contributed by atoms with van der Waals surface area (Å²) in [5, 5.41) is 1.58. The van der Waals surface area contributed by atoms with Crippen LogP contribution in [0.4, 0.5) is 4.39 Å². The van der Waals surface area contributed by atoms with E-state index in [2.05, 4.69) is 4.98 Å². The van der Waals surface area contributed by atoms with Gasteiger partial charge in [-0.25, -0.2) is 9.37 Å². The van der Waals surface area contributed by atoms with Crippen molar-refractivity contribution in [1.82, 2.24) is 14.5 Å². The first-order valence-corrected chi connectivity index (χ1v) is 9.04. The third-order valence-electron chi connectivity index (χ3n) is 4.15. The highest BCUT2D eigenvalue weighted by Crippen LogP contribution is 2.26. The number of hydrogen-bond acceptors (Lipinski definition) is 3. The molecule has 4 rings (SSSR count). The Morgan fingerprint density at radius 3 is 2.84 bits per heavy atom. The highest BCUT2D eigenvalue weighted by molar-refractivity contribution is 7.98. The van der Waals surface area contributed by atoms with Gasteiger partial charge in [-0.15, -0.1) is 0 Å². The minimum atomic E-state index is -0.258. The fourth-order valence-corrected chi connectivity index (χ4v) is 3.94. The molecule has 0 bridgehead atoms. The molecule has 0 aliphatic heterocycles. The molecule has 6 heteroatoms. The molecule has 4 nitrogen and oxygen atoms in total. The highest BCUT2D eigenvalue weighted by Gasteiger charge is 2.15. The van der Waals surface area contributed by atoms with Crippen LogP contribution in [0.2, 0.25) is 0 Å². The number of thioether (sulfide) groups is 1. The summed E-state index contributed by atoms with van der Waals surface area (Å²) in [7, 11) is 0. The largest absolute Gasteiger partial charge is 0.349 e. The fraction of sp³-hybridized carbons (Fsp3) is 0.158. The van der Waals surface area contributed by atoms with E-state index in [-0.39, 0.29) is 11.4 Å². The summed E-state index contributed by atoms with van der Waals surface area (Å²) in [6, 6.07) is 14.2. The summed E-state index contributed by atoms with van der Waals surface area (Å²) in [6.07, 6.45) is 0. The van der Waals surface area contributed by atoms with Crippen molar-refractivity contribution in [2.24, 2.45) is 0 Å². The van der Waals surface area contributed by atoms with Crippen LogP contribution in [-0.4, -0.2) is 14.5 Å². The van der Waals surface area contributed by atoms with Gasteiger partial charge in [-0.05, 0) is 30.7 Å². The van der Waals surface area contributed by atoms with Gasteiger partial charge in [-0.3, -0.25) is 9.36 Å². The first-order chi connectivity index (χ1) is 12.2. The molecule has 0 radical (unpaired) electrons. The number of rotatable bonds is 4. The first-order valence-electron chi connectivity index (χ1n) is 8.06. The van der Waals surface area contributed by atoms with Gasteiger partial charge >= 0.3 is 0 Å². The van der Waals surface area contributed by atoms with Crippen molar-refractivity contribution in [2.45, 2.75) is 24.4 Å². The Hall–Kier alpha value is -2.60. The SMILES string of the molecule is CCn1c(SCc2cccc(F)c2)nc2c([nH]c3ccccc32)c1=O. The normalized spacial score (nSPS) is 11.4. The monoisotopic (exact) mass is 353 g/mol. The zero-order chi connectivity index (χ0) is 17.4. The van der Waals surface area contributed by atoms with E-state index in [0.29, 0.717) is 28.5 Å². The molecular weight excluding hydrogens is 337 g/mol. The van der Waals surface area contributed by atoms with Crippen LogP contribution < -0.4 is 5.56 Å². The topological polar surface area (TPSA) is 50.7 Å². The van der Waals surface area contributed by atoms with Gasteiger partial charge in [0.2, 0.25) is 0 Å². The maximum Gasteiger partial charge on any atom is 0.278 e. The Kier molecular flexibility index (Phi) is 4.05. The average Bonchev–Trinajstić information content (AvgIpc) is 2.99. The summed E-state index contributed by atoms with van der Waals surface area (Å²) in [5.74, 6) is 0.295. The van der Waals surface area contributed by atoms with E-state index in [1.54, 1.807) is 10.6 Å². The zero-order valence-corrected chi connectivity index (χ0v) is 14.4.